The van der Waals surface area contributed by atoms with Crippen molar-refractivity contribution >= 4 is 5.91 Å². The van der Waals surface area contributed by atoms with Gasteiger partial charge in [0.1, 0.15) is 0 Å². The van der Waals surface area contributed by atoms with Gasteiger partial charge >= 0.3 is 0 Å². The van der Waals surface area contributed by atoms with Gasteiger partial charge in [-0.15, -0.1) is 0 Å². The summed E-state index contributed by atoms with van der Waals surface area (Å²) in [5.41, 5.74) is 1.06. The summed E-state index contributed by atoms with van der Waals surface area (Å²) in [7, 11) is 1.79. The van der Waals surface area contributed by atoms with Crippen LogP contribution in [-0.4, -0.2) is 23.0 Å². The Kier molecular flexibility index (Phi) is 7.26. The molecule has 1 unspecified atom stereocenters. The van der Waals surface area contributed by atoms with E-state index in [2.05, 4.69) is 5.16 Å². The number of amides is 1. The fourth-order valence-corrected chi connectivity index (χ4v) is 1.67. The van der Waals surface area contributed by atoms with Gasteiger partial charge in [0.15, 0.2) is 5.76 Å². The lowest BCUT2D eigenvalue weighted by molar-refractivity contribution is -0.133. The number of rotatable bonds is 0. The largest absolute Gasteiger partial charge is 0.359 e. The average molecular weight is 240 g/mol. The van der Waals surface area contributed by atoms with Crippen LogP contribution in [0.25, 0.3) is 0 Å². The Morgan fingerprint density at radius 3 is 2.53 bits per heavy atom. The molecule has 0 aliphatic carbocycles. The van der Waals surface area contributed by atoms with Crippen molar-refractivity contribution in [1.82, 2.24) is 10.1 Å². The first-order chi connectivity index (χ1) is 8.18. The van der Waals surface area contributed by atoms with Gasteiger partial charge < -0.3 is 9.42 Å². The molecule has 1 amide bonds. The van der Waals surface area contributed by atoms with Crippen LogP contribution >= 0.6 is 0 Å². The second-order valence-electron chi connectivity index (χ2n) is 3.57. The highest BCUT2D eigenvalue weighted by Gasteiger charge is 2.26. The molecule has 1 atom stereocenters. The quantitative estimate of drug-likeness (QED) is 0.700. The number of hydrogen-bond acceptors (Lipinski definition) is 3. The first-order valence-corrected chi connectivity index (χ1v) is 6.36. The van der Waals surface area contributed by atoms with Gasteiger partial charge in [0, 0.05) is 18.5 Å². The normalized spacial score (nSPS) is 18.1. The number of nitrogens with zero attached hydrogens (tertiary/aromatic N) is 2. The van der Waals surface area contributed by atoms with Gasteiger partial charge in [0.05, 0.1) is 12.7 Å². The smallest absolute Gasteiger partial charge is 0.225 e. The fourth-order valence-electron chi connectivity index (χ4n) is 1.67. The van der Waals surface area contributed by atoms with Crippen LogP contribution in [0.3, 0.4) is 0 Å². The molecule has 4 heteroatoms. The summed E-state index contributed by atoms with van der Waals surface area (Å²) in [6.07, 6.45) is 2.44. The summed E-state index contributed by atoms with van der Waals surface area (Å²) >= 11 is 0. The van der Waals surface area contributed by atoms with Crippen LogP contribution in [0.1, 0.15) is 45.9 Å². The summed E-state index contributed by atoms with van der Waals surface area (Å²) in [6.45, 7) is 10.5. The number of carbonyl (C=O) groups excluding carboxylic acids is 1. The second-order valence-corrected chi connectivity index (χ2v) is 3.57. The minimum atomic E-state index is 0.0330. The summed E-state index contributed by atoms with van der Waals surface area (Å²) < 4.78 is 5.06. The van der Waals surface area contributed by atoms with Gasteiger partial charge in [-0.25, -0.2) is 0 Å². The van der Waals surface area contributed by atoms with Crippen LogP contribution in [0.15, 0.2) is 10.7 Å². The van der Waals surface area contributed by atoms with E-state index < -0.39 is 0 Å². The number of fused-ring (bicyclic) bond motifs is 1. The van der Waals surface area contributed by atoms with E-state index in [9.17, 15) is 4.79 Å². The molecule has 1 aliphatic rings. The van der Waals surface area contributed by atoms with Crippen molar-refractivity contribution in [2.45, 2.75) is 47.6 Å². The van der Waals surface area contributed by atoms with Gasteiger partial charge in [0.2, 0.25) is 5.91 Å². The number of hydrogen-bond donors (Lipinski definition) is 0. The molecule has 0 bridgehead atoms. The zero-order valence-electron chi connectivity index (χ0n) is 11.8. The van der Waals surface area contributed by atoms with Crippen molar-refractivity contribution in [3.63, 3.8) is 0 Å². The van der Waals surface area contributed by atoms with E-state index in [4.69, 9.17) is 4.52 Å². The molecule has 0 aromatic carbocycles. The van der Waals surface area contributed by atoms with E-state index in [0.29, 0.717) is 6.54 Å². The minimum absolute atomic E-state index is 0.0330. The third kappa shape index (κ3) is 3.88. The highest BCUT2D eigenvalue weighted by Crippen LogP contribution is 2.21. The molecule has 0 spiro atoms. The van der Waals surface area contributed by atoms with Crippen molar-refractivity contribution in [1.29, 1.82) is 0 Å². The molecule has 4 nitrogen and oxygen atoms in total. The van der Waals surface area contributed by atoms with E-state index in [1.165, 1.54) is 0 Å². The van der Waals surface area contributed by atoms with Crippen molar-refractivity contribution in [2.75, 3.05) is 7.05 Å². The fraction of sp³-hybridized carbons (Fsp3) is 0.692. The first kappa shape index (κ1) is 15.7. The monoisotopic (exact) mass is 240 g/mol. The summed E-state index contributed by atoms with van der Waals surface area (Å²) in [5.74, 6) is 1.03. The van der Waals surface area contributed by atoms with Gasteiger partial charge in [-0.3, -0.25) is 4.79 Å². The number of carbonyl (C=O) groups is 1. The molecule has 1 aromatic heterocycles. The Labute approximate surface area is 104 Å². The van der Waals surface area contributed by atoms with Gasteiger partial charge in [-0.2, -0.15) is 0 Å². The van der Waals surface area contributed by atoms with Crippen LogP contribution in [-0.2, 0) is 17.8 Å². The Morgan fingerprint density at radius 2 is 1.94 bits per heavy atom. The summed E-state index contributed by atoms with van der Waals surface area (Å²) in [5, 5.41) is 3.73. The molecule has 1 aromatic rings. The first-order valence-electron chi connectivity index (χ1n) is 6.36. The molecule has 2 rings (SSSR count). The highest BCUT2D eigenvalue weighted by atomic mass is 16.5. The SMILES string of the molecule is CC.CC.CC1Cc2cnoc2CN(C)C1=O. The molecule has 98 valence electrons. The van der Waals surface area contributed by atoms with E-state index in [-0.39, 0.29) is 11.8 Å². The van der Waals surface area contributed by atoms with Gasteiger partial charge in [-0.05, 0) is 6.42 Å². The van der Waals surface area contributed by atoms with E-state index in [1.54, 1.807) is 18.1 Å². The third-order valence-corrected chi connectivity index (χ3v) is 2.43. The summed E-state index contributed by atoms with van der Waals surface area (Å²) in [4.78, 5) is 13.3. The molecule has 0 saturated heterocycles. The molecule has 0 radical (unpaired) electrons. The Morgan fingerprint density at radius 1 is 1.35 bits per heavy atom. The predicted molar refractivity (Wildman–Crippen MR) is 68.5 cm³/mol. The Balaban J connectivity index is 0.000000581. The van der Waals surface area contributed by atoms with Crippen molar-refractivity contribution in [2.24, 2.45) is 5.92 Å². The van der Waals surface area contributed by atoms with Crippen molar-refractivity contribution in [3.05, 3.63) is 17.5 Å². The van der Waals surface area contributed by atoms with Crippen molar-refractivity contribution in [3.8, 4) is 0 Å². The lowest BCUT2D eigenvalue weighted by atomic mass is 10.0. The van der Waals surface area contributed by atoms with Gasteiger partial charge in [-0.1, -0.05) is 39.8 Å². The molecule has 17 heavy (non-hydrogen) atoms. The van der Waals surface area contributed by atoms with Crippen LogP contribution in [0.5, 0.6) is 0 Å². The Hall–Kier alpha value is -1.32. The lowest BCUT2D eigenvalue weighted by Gasteiger charge is -2.15. The second kappa shape index (κ2) is 7.87. The zero-order valence-corrected chi connectivity index (χ0v) is 11.8. The summed E-state index contributed by atoms with van der Waals surface area (Å²) in [6, 6.07) is 0. The standard InChI is InChI=1S/C9H12N2O2.2C2H6/c1-6-3-7-4-10-13-8(7)5-11(2)9(6)12;2*1-2/h4,6H,3,5H2,1-2H3;2*1-2H3. The van der Waals surface area contributed by atoms with E-state index in [0.717, 1.165) is 17.7 Å². The lowest BCUT2D eigenvalue weighted by Crippen LogP contribution is -2.29. The molecular formula is C13H24N2O2. The highest BCUT2D eigenvalue weighted by molar-refractivity contribution is 5.79. The molecule has 2 heterocycles. The number of aromatic nitrogens is 1. The molecular weight excluding hydrogens is 216 g/mol. The maximum Gasteiger partial charge on any atom is 0.225 e. The zero-order chi connectivity index (χ0) is 13.4. The van der Waals surface area contributed by atoms with Crippen LogP contribution in [0.2, 0.25) is 0 Å². The molecule has 0 saturated carbocycles. The Bertz CT molecular complexity index is 305. The van der Waals surface area contributed by atoms with Crippen molar-refractivity contribution < 1.29 is 9.32 Å². The molecule has 0 N–H and O–H groups in total. The van der Waals surface area contributed by atoms with Crippen LogP contribution < -0.4 is 0 Å². The van der Waals surface area contributed by atoms with Crippen LogP contribution in [0, 0.1) is 5.92 Å². The average Bonchev–Trinajstić information content (AvgIpc) is 2.76. The van der Waals surface area contributed by atoms with E-state index >= 15 is 0 Å². The maximum absolute atomic E-state index is 11.6. The van der Waals surface area contributed by atoms with Crippen LogP contribution in [0.4, 0.5) is 0 Å². The topological polar surface area (TPSA) is 46.3 Å². The predicted octanol–water partition coefficient (Wildman–Crippen LogP) is 2.88. The minimum Gasteiger partial charge on any atom is -0.359 e. The molecule has 1 aliphatic heterocycles. The third-order valence-electron chi connectivity index (χ3n) is 2.43. The van der Waals surface area contributed by atoms with Gasteiger partial charge in [0.25, 0.3) is 0 Å². The van der Waals surface area contributed by atoms with E-state index in [1.807, 2.05) is 34.6 Å². The molecule has 0 fully saturated rings. The maximum atomic E-state index is 11.6.